The average Bonchev–Trinajstić information content (AvgIpc) is 2.98. The van der Waals surface area contributed by atoms with Crippen molar-refractivity contribution in [2.24, 2.45) is 0 Å². The Balaban J connectivity index is 2.03. The van der Waals surface area contributed by atoms with Gasteiger partial charge in [-0.3, -0.25) is 0 Å². The highest BCUT2D eigenvalue weighted by Crippen LogP contribution is 2.25. The lowest BCUT2D eigenvalue weighted by molar-refractivity contribution is 0.591. The third-order valence-corrected chi connectivity index (χ3v) is 5.74. The Morgan fingerprint density at radius 3 is 2.17 bits per heavy atom. The minimum absolute atomic E-state index is 0.0105. The molecule has 0 amide bonds. The highest BCUT2D eigenvalue weighted by molar-refractivity contribution is 7.91. The Labute approximate surface area is 141 Å². The Bertz CT molecular complexity index is 944. The van der Waals surface area contributed by atoms with Gasteiger partial charge in [0.15, 0.2) is 0 Å². The van der Waals surface area contributed by atoms with Crippen molar-refractivity contribution >= 4 is 9.84 Å². The third kappa shape index (κ3) is 2.85. The average molecular weight is 341 g/mol. The number of para-hydroxylation sites is 1. The molecule has 0 saturated carbocycles. The van der Waals surface area contributed by atoms with E-state index in [1.54, 1.807) is 19.1 Å². The van der Waals surface area contributed by atoms with E-state index in [1.807, 2.05) is 42.5 Å². The second-order valence-corrected chi connectivity index (χ2v) is 7.82. The van der Waals surface area contributed by atoms with Crippen LogP contribution in [-0.4, -0.2) is 23.4 Å². The lowest BCUT2D eigenvalue weighted by atomic mass is 10.0. The van der Waals surface area contributed by atoms with Crippen molar-refractivity contribution in [2.45, 2.75) is 36.6 Å². The normalized spacial score (nSPS) is 11.8. The van der Waals surface area contributed by atoms with Crippen LogP contribution in [-0.2, 0) is 9.84 Å². The number of hydrogen-bond donors (Lipinski definition) is 0. The zero-order valence-corrected chi connectivity index (χ0v) is 14.7. The number of sulfone groups is 1. The van der Waals surface area contributed by atoms with Crippen LogP contribution in [0.25, 0.3) is 5.69 Å². The molecule has 0 aliphatic heterocycles. The van der Waals surface area contributed by atoms with Gasteiger partial charge in [0.05, 0.1) is 16.3 Å². The Morgan fingerprint density at radius 2 is 1.58 bits per heavy atom. The van der Waals surface area contributed by atoms with Gasteiger partial charge in [0, 0.05) is 0 Å². The lowest BCUT2D eigenvalue weighted by Crippen LogP contribution is -2.06. The van der Waals surface area contributed by atoms with E-state index in [1.165, 1.54) is 4.68 Å². The van der Waals surface area contributed by atoms with Gasteiger partial charge < -0.3 is 0 Å². The zero-order chi connectivity index (χ0) is 17.3. The van der Waals surface area contributed by atoms with Crippen molar-refractivity contribution < 1.29 is 8.42 Å². The Hall–Kier alpha value is -2.47. The number of benzene rings is 2. The van der Waals surface area contributed by atoms with Crippen molar-refractivity contribution in [3.05, 3.63) is 65.9 Å². The van der Waals surface area contributed by atoms with Crippen LogP contribution in [0, 0.1) is 6.92 Å². The molecule has 24 heavy (non-hydrogen) atoms. The van der Waals surface area contributed by atoms with Crippen LogP contribution in [0.3, 0.4) is 0 Å². The number of rotatable bonds is 4. The molecule has 1 aromatic heterocycles. The molecule has 3 aromatic rings. The highest BCUT2D eigenvalue weighted by Gasteiger charge is 2.25. The summed E-state index contributed by atoms with van der Waals surface area (Å²) in [6.45, 7) is 5.85. The molecule has 0 unspecified atom stereocenters. The molecule has 0 N–H and O–H groups in total. The quantitative estimate of drug-likeness (QED) is 0.728. The molecule has 0 saturated heterocycles. The van der Waals surface area contributed by atoms with Gasteiger partial charge >= 0.3 is 0 Å². The van der Waals surface area contributed by atoms with Gasteiger partial charge in [-0.15, -0.1) is 5.10 Å². The largest absolute Gasteiger partial charge is 0.227 e. The van der Waals surface area contributed by atoms with Crippen LogP contribution >= 0.6 is 0 Å². The first kappa shape index (κ1) is 16.4. The zero-order valence-electron chi connectivity index (χ0n) is 13.8. The molecule has 1 heterocycles. The molecule has 0 aliphatic carbocycles. The van der Waals surface area contributed by atoms with E-state index in [-0.39, 0.29) is 9.92 Å². The molecule has 0 fully saturated rings. The molecule has 0 aliphatic rings. The van der Waals surface area contributed by atoms with E-state index in [0.717, 1.165) is 11.3 Å². The van der Waals surface area contributed by atoms with Crippen molar-refractivity contribution in [2.75, 3.05) is 0 Å². The van der Waals surface area contributed by atoms with E-state index in [9.17, 15) is 8.42 Å². The van der Waals surface area contributed by atoms with Gasteiger partial charge in [-0.05, 0) is 42.7 Å². The van der Waals surface area contributed by atoms with Crippen LogP contribution in [0.15, 0.2) is 64.5 Å². The van der Waals surface area contributed by atoms with E-state index in [4.69, 9.17) is 0 Å². The van der Waals surface area contributed by atoms with E-state index in [2.05, 4.69) is 24.2 Å². The second kappa shape index (κ2) is 6.20. The summed E-state index contributed by atoms with van der Waals surface area (Å²) in [5, 5.41) is 7.92. The molecule has 5 nitrogen and oxygen atoms in total. The molecule has 3 rings (SSSR count). The van der Waals surface area contributed by atoms with E-state index in [0.29, 0.717) is 11.6 Å². The number of aromatic nitrogens is 3. The summed E-state index contributed by atoms with van der Waals surface area (Å²) in [4.78, 5) is 0.232. The van der Waals surface area contributed by atoms with Crippen molar-refractivity contribution in [1.82, 2.24) is 15.0 Å². The van der Waals surface area contributed by atoms with Gasteiger partial charge in [0.2, 0.25) is 14.9 Å². The van der Waals surface area contributed by atoms with Gasteiger partial charge in [0.25, 0.3) is 0 Å². The second-order valence-electron chi connectivity index (χ2n) is 5.95. The maximum Gasteiger partial charge on any atom is 0.227 e. The molecule has 0 atom stereocenters. The van der Waals surface area contributed by atoms with Crippen LogP contribution in [0.2, 0.25) is 0 Å². The van der Waals surface area contributed by atoms with Crippen molar-refractivity contribution in [1.29, 1.82) is 0 Å². The molecule has 0 spiro atoms. The first-order valence-corrected chi connectivity index (χ1v) is 9.22. The van der Waals surface area contributed by atoms with Crippen LogP contribution in [0.4, 0.5) is 0 Å². The van der Waals surface area contributed by atoms with E-state index >= 15 is 0 Å². The Morgan fingerprint density at radius 1 is 0.958 bits per heavy atom. The first-order chi connectivity index (χ1) is 11.4. The van der Waals surface area contributed by atoms with Crippen molar-refractivity contribution in [3.63, 3.8) is 0 Å². The highest BCUT2D eigenvalue weighted by atomic mass is 32.2. The molecule has 2 aromatic carbocycles. The van der Waals surface area contributed by atoms with Gasteiger partial charge in [-0.25, -0.2) is 13.1 Å². The van der Waals surface area contributed by atoms with Crippen molar-refractivity contribution in [3.8, 4) is 5.69 Å². The molecular weight excluding hydrogens is 322 g/mol. The van der Waals surface area contributed by atoms with E-state index < -0.39 is 9.84 Å². The monoisotopic (exact) mass is 341 g/mol. The third-order valence-electron chi connectivity index (χ3n) is 3.96. The molecule has 0 radical (unpaired) electrons. The molecular formula is C18H19N3O2S. The molecule has 0 bridgehead atoms. The number of nitrogens with zero attached hydrogens (tertiary/aromatic N) is 3. The summed E-state index contributed by atoms with van der Waals surface area (Å²) in [6.07, 6.45) is 0. The fourth-order valence-corrected chi connectivity index (χ4v) is 3.86. The van der Waals surface area contributed by atoms with Gasteiger partial charge in [0.1, 0.15) is 0 Å². The predicted octanol–water partition coefficient (Wildman–Crippen LogP) is 3.53. The summed E-state index contributed by atoms with van der Waals surface area (Å²) >= 11 is 0. The maximum atomic E-state index is 12.9. The SMILES string of the molecule is Cc1c(S(=O)(=O)c2ccc(C(C)C)cc2)nnn1-c1ccccc1. The fourth-order valence-electron chi connectivity index (χ4n) is 2.52. The smallest absolute Gasteiger partial charge is 0.217 e. The topological polar surface area (TPSA) is 64.8 Å². The predicted molar refractivity (Wildman–Crippen MR) is 92.1 cm³/mol. The summed E-state index contributed by atoms with van der Waals surface area (Å²) in [7, 11) is -3.69. The van der Waals surface area contributed by atoms with Crippen LogP contribution in [0.5, 0.6) is 0 Å². The van der Waals surface area contributed by atoms with Gasteiger partial charge in [-0.2, -0.15) is 0 Å². The lowest BCUT2D eigenvalue weighted by Gasteiger charge is -2.07. The summed E-state index contributed by atoms with van der Waals surface area (Å²) < 4.78 is 27.3. The van der Waals surface area contributed by atoms with Crippen LogP contribution < -0.4 is 0 Å². The van der Waals surface area contributed by atoms with Gasteiger partial charge in [-0.1, -0.05) is 49.4 Å². The summed E-state index contributed by atoms with van der Waals surface area (Å²) in [5.41, 5.74) is 2.37. The number of hydrogen-bond acceptors (Lipinski definition) is 4. The molecule has 6 heteroatoms. The minimum atomic E-state index is -3.69. The standard InChI is InChI=1S/C18H19N3O2S/c1-13(2)15-9-11-17(12-10-15)24(22,23)18-14(3)21(20-19-18)16-7-5-4-6-8-16/h4-13H,1-3H3. The minimum Gasteiger partial charge on any atom is -0.217 e. The fraction of sp³-hybridized carbons (Fsp3) is 0.222. The summed E-state index contributed by atoms with van der Waals surface area (Å²) in [5.74, 6) is 0.349. The summed E-state index contributed by atoms with van der Waals surface area (Å²) in [6, 6.07) is 16.3. The Kier molecular flexibility index (Phi) is 4.24. The maximum absolute atomic E-state index is 12.9. The first-order valence-electron chi connectivity index (χ1n) is 7.74. The molecule has 124 valence electrons. The van der Waals surface area contributed by atoms with Crippen LogP contribution in [0.1, 0.15) is 31.0 Å².